The predicted octanol–water partition coefficient (Wildman–Crippen LogP) is 3.61. The normalized spacial score (nSPS) is 10.1. The summed E-state index contributed by atoms with van der Waals surface area (Å²) in [5.41, 5.74) is 2.63. The van der Waals surface area contributed by atoms with E-state index < -0.39 is 0 Å². The zero-order valence-corrected chi connectivity index (χ0v) is 8.91. The number of carbonyl (C=O) groups is 1. The molecule has 0 aromatic heterocycles. The molecule has 0 aliphatic carbocycles. The average molecular weight is 214 g/mol. The van der Waals surface area contributed by atoms with Crippen LogP contribution in [0.5, 0.6) is 0 Å². The molecule has 0 aliphatic heterocycles. The monoisotopic (exact) mass is 214 g/mol. The number of hydrogen-bond donors (Lipinski definition) is 0. The predicted molar refractivity (Wildman–Crippen MR) is 62.0 cm³/mol. The maximum absolute atomic E-state index is 13.6. The molecule has 0 spiro atoms. The van der Waals surface area contributed by atoms with Crippen molar-refractivity contribution in [1.82, 2.24) is 0 Å². The van der Waals surface area contributed by atoms with Crippen molar-refractivity contribution >= 4 is 6.29 Å². The van der Waals surface area contributed by atoms with E-state index in [1.165, 1.54) is 6.07 Å². The second-order valence-corrected chi connectivity index (χ2v) is 3.69. The molecule has 1 nitrogen and oxygen atoms in total. The Morgan fingerprint density at radius 2 is 1.81 bits per heavy atom. The standard InChI is InChI=1S/C14H11FO/c1-10-6-7-11(9-16)13(8-10)12-4-2-3-5-14(12)15/h2-9H,1H3. The van der Waals surface area contributed by atoms with Crippen molar-refractivity contribution in [3.8, 4) is 11.1 Å². The van der Waals surface area contributed by atoms with Crippen LogP contribution >= 0.6 is 0 Å². The van der Waals surface area contributed by atoms with Crippen LogP contribution in [0.25, 0.3) is 11.1 Å². The van der Waals surface area contributed by atoms with Gasteiger partial charge >= 0.3 is 0 Å². The Bertz CT molecular complexity index is 532. The molecule has 16 heavy (non-hydrogen) atoms. The van der Waals surface area contributed by atoms with E-state index in [1.807, 2.05) is 19.1 Å². The highest BCUT2D eigenvalue weighted by molar-refractivity contribution is 5.87. The van der Waals surface area contributed by atoms with Crippen molar-refractivity contribution in [2.45, 2.75) is 6.92 Å². The van der Waals surface area contributed by atoms with Crippen molar-refractivity contribution in [1.29, 1.82) is 0 Å². The van der Waals surface area contributed by atoms with Gasteiger partial charge < -0.3 is 0 Å². The van der Waals surface area contributed by atoms with E-state index in [-0.39, 0.29) is 5.82 Å². The Morgan fingerprint density at radius 3 is 2.50 bits per heavy atom. The van der Waals surface area contributed by atoms with Crippen LogP contribution in [0, 0.1) is 12.7 Å². The van der Waals surface area contributed by atoms with Gasteiger partial charge in [-0.15, -0.1) is 0 Å². The first kappa shape index (κ1) is 10.6. The summed E-state index contributed by atoms with van der Waals surface area (Å²) >= 11 is 0. The molecule has 0 aliphatic rings. The zero-order chi connectivity index (χ0) is 11.5. The van der Waals surface area contributed by atoms with Crippen LogP contribution in [0.1, 0.15) is 15.9 Å². The van der Waals surface area contributed by atoms with Crippen LogP contribution in [0.2, 0.25) is 0 Å². The number of carbonyl (C=O) groups excluding carboxylic acids is 1. The number of halogens is 1. The summed E-state index contributed by atoms with van der Waals surface area (Å²) in [6.07, 6.45) is 0.751. The van der Waals surface area contributed by atoms with E-state index in [2.05, 4.69) is 0 Å². The quantitative estimate of drug-likeness (QED) is 0.698. The highest BCUT2D eigenvalue weighted by Crippen LogP contribution is 2.26. The van der Waals surface area contributed by atoms with Crippen molar-refractivity contribution in [2.24, 2.45) is 0 Å². The molecule has 0 saturated heterocycles. The van der Waals surface area contributed by atoms with Gasteiger partial charge in [-0.05, 0) is 18.6 Å². The summed E-state index contributed by atoms with van der Waals surface area (Å²) in [6, 6.07) is 11.8. The molecule has 0 bridgehead atoms. The van der Waals surface area contributed by atoms with Gasteiger partial charge in [0.1, 0.15) is 5.82 Å². The fourth-order valence-corrected chi connectivity index (χ4v) is 1.69. The number of hydrogen-bond acceptors (Lipinski definition) is 1. The Kier molecular flexibility index (Phi) is 2.82. The van der Waals surface area contributed by atoms with Crippen molar-refractivity contribution < 1.29 is 9.18 Å². The number of benzene rings is 2. The zero-order valence-electron chi connectivity index (χ0n) is 8.91. The highest BCUT2D eigenvalue weighted by Gasteiger charge is 2.08. The minimum Gasteiger partial charge on any atom is -0.298 e. The van der Waals surface area contributed by atoms with Crippen LogP contribution in [0.3, 0.4) is 0 Å². The maximum Gasteiger partial charge on any atom is 0.150 e. The lowest BCUT2D eigenvalue weighted by molar-refractivity contribution is 0.112. The number of aryl methyl sites for hydroxylation is 1. The van der Waals surface area contributed by atoms with E-state index in [0.29, 0.717) is 16.7 Å². The summed E-state index contributed by atoms with van der Waals surface area (Å²) in [6.45, 7) is 1.92. The third-order valence-electron chi connectivity index (χ3n) is 2.50. The molecule has 0 atom stereocenters. The molecular formula is C14H11FO. The summed E-state index contributed by atoms with van der Waals surface area (Å²) in [4.78, 5) is 10.9. The SMILES string of the molecule is Cc1ccc(C=O)c(-c2ccccc2F)c1. The van der Waals surface area contributed by atoms with Gasteiger partial charge in [0.05, 0.1) is 0 Å². The van der Waals surface area contributed by atoms with Crippen LogP contribution in [0.4, 0.5) is 4.39 Å². The summed E-state index contributed by atoms with van der Waals surface area (Å²) in [7, 11) is 0. The lowest BCUT2D eigenvalue weighted by Gasteiger charge is -2.07. The van der Waals surface area contributed by atoms with E-state index in [1.54, 1.807) is 24.3 Å². The van der Waals surface area contributed by atoms with Crippen LogP contribution in [-0.2, 0) is 0 Å². The molecule has 0 heterocycles. The number of rotatable bonds is 2. The van der Waals surface area contributed by atoms with Crippen LogP contribution < -0.4 is 0 Å². The van der Waals surface area contributed by atoms with E-state index in [0.717, 1.165) is 11.8 Å². The lowest BCUT2D eigenvalue weighted by Crippen LogP contribution is -1.91. The van der Waals surface area contributed by atoms with Crippen molar-refractivity contribution in [3.05, 3.63) is 59.4 Å². The van der Waals surface area contributed by atoms with E-state index in [9.17, 15) is 9.18 Å². The highest BCUT2D eigenvalue weighted by atomic mass is 19.1. The molecule has 0 amide bonds. The Hall–Kier alpha value is -1.96. The van der Waals surface area contributed by atoms with Gasteiger partial charge in [-0.25, -0.2) is 4.39 Å². The lowest BCUT2D eigenvalue weighted by atomic mass is 9.98. The van der Waals surface area contributed by atoms with Gasteiger partial charge in [0, 0.05) is 11.1 Å². The Labute approximate surface area is 93.5 Å². The maximum atomic E-state index is 13.6. The van der Waals surface area contributed by atoms with Crippen molar-refractivity contribution in [2.75, 3.05) is 0 Å². The topological polar surface area (TPSA) is 17.1 Å². The molecule has 0 unspecified atom stereocenters. The summed E-state index contributed by atoms with van der Waals surface area (Å²) < 4.78 is 13.6. The van der Waals surface area contributed by atoms with Gasteiger partial charge in [-0.3, -0.25) is 4.79 Å². The van der Waals surface area contributed by atoms with Gasteiger partial charge in [0.25, 0.3) is 0 Å². The molecule has 2 heteroatoms. The smallest absolute Gasteiger partial charge is 0.150 e. The third-order valence-corrected chi connectivity index (χ3v) is 2.50. The van der Waals surface area contributed by atoms with Gasteiger partial charge in [-0.2, -0.15) is 0 Å². The van der Waals surface area contributed by atoms with Crippen LogP contribution in [-0.4, -0.2) is 6.29 Å². The molecule has 80 valence electrons. The third kappa shape index (κ3) is 1.87. The molecule has 2 aromatic carbocycles. The largest absolute Gasteiger partial charge is 0.298 e. The molecule has 0 fully saturated rings. The van der Waals surface area contributed by atoms with Crippen LogP contribution in [0.15, 0.2) is 42.5 Å². The molecule has 2 aromatic rings. The minimum absolute atomic E-state index is 0.309. The molecular weight excluding hydrogens is 203 g/mol. The van der Waals surface area contributed by atoms with Gasteiger partial charge in [0.15, 0.2) is 6.29 Å². The Morgan fingerprint density at radius 1 is 1.06 bits per heavy atom. The van der Waals surface area contributed by atoms with Crippen molar-refractivity contribution in [3.63, 3.8) is 0 Å². The number of aldehydes is 1. The fourth-order valence-electron chi connectivity index (χ4n) is 1.69. The van der Waals surface area contributed by atoms with Gasteiger partial charge in [0.2, 0.25) is 0 Å². The average Bonchev–Trinajstić information content (AvgIpc) is 2.29. The van der Waals surface area contributed by atoms with E-state index in [4.69, 9.17) is 0 Å². The summed E-state index contributed by atoms with van der Waals surface area (Å²) in [5, 5.41) is 0. The summed E-state index contributed by atoms with van der Waals surface area (Å²) in [5.74, 6) is -0.309. The Balaban J connectivity index is 2.67. The molecule has 0 radical (unpaired) electrons. The molecule has 0 saturated carbocycles. The molecule has 0 N–H and O–H groups in total. The fraction of sp³-hybridized carbons (Fsp3) is 0.0714. The minimum atomic E-state index is -0.309. The second kappa shape index (κ2) is 4.27. The first-order chi connectivity index (χ1) is 7.72. The van der Waals surface area contributed by atoms with Gasteiger partial charge in [-0.1, -0.05) is 42.0 Å². The first-order valence-electron chi connectivity index (χ1n) is 5.03. The molecule has 2 rings (SSSR count). The van der Waals surface area contributed by atoms with E-state index >= 15 is 0 Å². The second-order valence-electron chi connectivity index (χ2n) is 3.69. The first-order valence-corrected chi connectivity index (χ1v) is 5.03.